The highest BCUT2D eigenvalue weighted by Gasteiger charge is 2.21. The molecule has 1 fully saturated rings. The van der Waals surface area contributed by atoms with Crippen LogP contribution in [0.2, 0.25) is 0 Å². The first-order valence-electron chi connectivity index (χ1n) is 6.73. The van der Waals surface area contributed by atoms with Gasteiger partial charge in [-0.1, -0.05) is 37.1 Å². The predicted molar refractivity (Wildman–Crippen MR) is 78.2 cm³/mol. The van der Waals surface area contributed by atoms with Gasteiger partial charge in [0.1, 0.15) is 5.75 Å². The molecule has 0 unspecified atom stereocenters. The van der Waals surface area contributed by atoms with E-state index in [1.165, 1.54) is 18.9 Å². The minimum absolute atomic E-state index is 0.141. The second kappa shape index (κ2) is 5.07. The van der Waals surface area contributed by atoms with E-state index in [1.54, 1.807) is 18.2 Å². The van der Waals surface area contributed by atoms with Gasteiger partial charge in [0.25, 0.3) is 0 Å². The van der Waals surface area contributed by atoms with Crippen molar-refractivity contribution in [3.63, 3.8) is 0 Å². The lowest BCUT2D eigenvalue weighted by molar-refractivity contribution is 0.306. The molecule has 1 saturated carbocycles. The normalized spacial score (nSPS) is 15.4. The van der Waals surface area contributed by atoms with E-state index in [1.807, 2.05) is 12.1 Å². The summed E-state index contributed by atoms with van der Waals surface area (Å²) in [6, 6.07) is 10.5. The van der Waals surface area contributed by atoms with E-state index in [0.29, 0.717) is 17.7 Å². The molecule has 20 heavy (non-hydrogen) atoms. The molecule has 2 aromatic rings. The zero-order valence-corrected chi connectivity index (χ0v) is 11.9. The molecule has 1 aliphatic carbocycles. The summed E-state index contributed by atoms with van der Waals surface area (Å²) >= 11 is 0. The van der Waals surface area contributed by atoms with Crippen molar-refractivity contribution >= 4 is 20.8 Å². The molecule has 2 N–H and O–H groups in total. The van der Waals surface area contributed by atoms with Gasteiger partial charge < -0.3 is 4.74 Å². The highest BCUT2D eigenvalue weighted by atomic mass is 32.2. The molecule has 0 aromatic heterocycles. The third-order valence-corrected chi connectivity index (χ3v) is 4.60. The summed E-state index contributed by atoms with van der Waals surface area (Å²) < 4.78 is 29.0. The van der Waals surface area contributed by atoms with Crippen LogP contribution in [0, 0.1) is 5.92 Å². The molecule has 1 aliphatic rings. The van der Waals surface area contributed by atoms with Crippen molar-refractivity contribution in [1.82, 2.24) is 0 Å². The molecule has 106 valence electrons. The number of benzene rings is 2. The summed E-state index contributed by atoms with van der Waals surface area (Å²) in [5.74, 6) is 1.53. The summed E-state index contributed by atoms with van der Waals surface area (Å²) in [6.07, 6.45) is 3.66. The number of ether oxygens (including phenoxy) is 1. The molecule has 3 rings (SSSR count). The van der Waals surface area contributed by atoms with E-state index >= 15 is 0 Å². The average Bonchev–Trinajstić information content (AvgIpc) is 3.21. The number of rotatable bonds is 5. The molecule has 4 nitrogen and oxygen atoms in total. The van der Waals surface area contributed by atoms with Crippen LogP contribution in [0.3, 0.4) is 0 Å². The molecule has 0 spiro atoms. The summed E-state index contributed by atoms with van der Waals surface area (Å²) in [4.78, 5) is 0.141. The van der Waals surface area contributed by atoms with Gasteiger partial charge in [-0.25, -0.2) is 13.6 Å². The van der Waals surface area contributed by atoms with Gasteiger partial charge in [0.05, 0.1) is 11.5 Å². The second-order valence-corrected chi connectivity index (χ2v) is 6.76. The Balaban J connectivity index is 1.97. The molecule has 0 saturated heterocycles. The van der Waals surface area contributed by atoms with Crippen molar-refractivity contribution < 1.29 is 13.2 Å². The highest BCUT2D eigenvalue weighted by Crippen LogP contribution is 2.34. The Morgan fingerprint density at radius 2 is 1.80 bits per heavy atom. The molecule has 0 atom stereocenters. The van der Waals surface area contributed by atoms with Crippen LogP contribution in [0.4, 0.5) is 0 Å². The summed E-state index contributed by atoms with van der Waals surface area (Å²) in [6.45, 7) is 0.670. The summed E-state index contributed by atoms with van der Waals surface area (Å²) in [5, 5.41) is 6.65. The molecule has 0 radical (unpaired) electrons. The maximum absolute atomic E-state index is 11.6. The summed E-state index contributed by atoms with van der Waals surface area (Å²) in [5.41, 5.74) is 0. The van der Waals surface area contributed by atoms with Crippen LogP contribution in [-0.4, -0.2) is 15.0 Å². The molecule has 5 heteroatoms. The Hall–Kier alpha value is -1.59. The average molecular weight is 291 g/mol. The number of fused-ring (bicyclic) bond motifs is 1. The van der Waals surface area contributed by atoms with Crippen LogP contribution < -0.4 is 9.88 Å². The molecule has 0 aliphatic heterocycles. The number of primary sulfonamides is 1. The molecule has 2 aromatic carbocycles. The first kappa shape index (κ1) is 13.4. The predicted octanol–water partition coefficient (Wildman–Crippen LogP) is 2.67. The SMILES string of the molecule is NS(=O)(=O)c1ccc(OCCC2CC2)c2ccccc12. The number of hydrogen-bond acceptors (Lipinski definition) is 3. The van der Waals surface area contributed by atoms with Crippen LogP contribution >= 0.6 is 0 Å². The number of sulfonamides is 1. The largest absolute Gasteiger partial charge is 0.493 e. The van der Waals surface area contributed by atoms with Gasteiger partial charge in [-0.05, 0) is 24.5 Å². The van der Waals surface area contributed by atoms with E-state index in [2.05, 4.69) is 0 Å². The van der Waals surface area contributed by atoms with Crippen LogP contribution in [0.1, 0.15) is 19.3 Å². The van der Waals surface area contributed by atoms with Gasteiger partial charge in [-0.3, -0.25) is 0 Å². The highest BCUT2D eigenvalue weighted by molar-refractivity contribution is 7.89. The maximum atomic E-state index is 11.6. The lowest BCUT2D eigenvalue weighted by Gasteiger charge is -2.11. The molecular weight excluding hydrogens is 274 g/mol. The van der Waals surface area contributed by atoms with Crippen LogP contribution in [0.5, 0.6) is 5.75 Å². The van der Waals surface area contributed by atoms with Crippen molar-refractivity contribution in [3.05, 3.63) is 36.4 Å². The van der Waals surface area contributed by atoms with Crippen molar-refractivity contribution in [3.8, 4) is 5.75 Å². The Labute approximate surface area is 118 Å². The molecule has 0 heterocycles. The van der Waals surface area contributed by atoms with E-state index in [-0.39, 0.29) is 4.90 Å². The van der Waals surface area contributed by atoms with Gasteiger partial charge in [0, 0.05) is 10.8 Å². The lowest BCUT2D eigenvalue weighted by atomic mass is 10.1. The zero-order chi connectivity index (χ0) is 14.2. The fourth-order valence-corrected chi connectivity index (χ4v) is 3.10. The standard InChI is InChI=1S/C15H17NO3S/c16-20(17,18)15-8-7-14(19-10-9-11-5-6-11)12-3-1-2-4-13(12)15/h1-4,7-8,11H,5-6,9-10H2,(H2,16,17,18). The minimum Gasteiger partial charge on any atom is -0.493 e. The minimum atomic E-state index is -3.73. The van der Waals surface area contributed by atoms with E-state index in [9.17, 15) is 8.42 Å². The Morgan fingerprint density at radius 1 is 1.10 bits per heavy atom. The van der Waals surface area contributed by atoms with Gasteiger partial charge in [-0.15, -0.1) is 0 Å². The van der Waals surface area contributed by atoms with E-state index < -0.39 is 10.0 Å². The first-order valence-corrected chi connectivity index (χ1v) is 8.28. The van der Waals surface area contributed by atoms with Gasteiger partial charge in [0.2, 0.25) is 10.0 Å². The quantitative estimate of drug-likeness (QED) is 0.920. The number of nitrogens with two attached hydrogens (primary N) is 1. The topological polar surface area (TPSA) is 69.4 Å². The third-order valence-electron chi connectivity index (χ3n) is 3.63. The summed E-state index contributed by atoms with van der Waals surface area (Å²) in [7, 11) is -3.73. The number of hydrogen-bond donors (Lipinski definition) is 1. The monoisotopic (exact) mass is 291 g/mol. The van der Waals surface area contributed by atoms with Crippen LogP contribution in [0.15, 0.2) is 41.3 Å². The second-order valence-electron chi connectivity index (χ2n) is 5.23. The Morgan fingerprint density at radius 3 is 2.45 bits per heavy atom. The van der Waals surface area contributed by atoms with E-state index in [0.717, 1.165) is 17.7 Å². The Bertz CT molecular complexity index is 736. The third kappa shape index (κ3) is 2.78. The molecule has 0 amide bonds. The van der Waals surface area contributed by atoms with Gasteiger partial charge in [-0.2, -0.15) is 0 Å². The van der Waals surface area contributed by atoms with Crippen LogP contribution in [-0.2, 0) is 10.0 Å². The van der Waals surface area contributed by atoms with Crippen molar-refractivity contribution in [2.75, 3.05) is 6.61 Å². The lowest BCUT2D eigenvalue weighted by Crippen LogP contribution is -2.12. The zero-order valence-electron chi connectivity index (χ0n) is 11.1. The smallest absolute Gasteiger partial charge is 0.238 e. The van der Waals surface area contributed by atoms with Gasteiger partial charge >= 0.3 is 0 Å². The van der Waals surface area contributed by atoms with Crippen LogP contribution in [0.25, 0.3) is 10.8 Å². The van der Waals surface area contributed by atoms with Crippen molar-refractivity contribution in [2.45, 2.75) is 24.2 Å². The van der Waals surface area contributed by atoms with Crippen molar-refractivity contribution in [2.24, 2.45) is 11.1 Å². The molecule has 0 bridgehead atoms. The fourth-order valence-electron chi connectivity index (χ4n) is 2.36. The fraction of sp³-hybridized carbons (Fsp3) is 0.333. The van der Waals surface area contributed by atoms with Gasteiger partial charge in [0.15, 0.2) is 0 Å². The van der Waals surface area contributed by atoms with Crippen molar-refractivity contribution in [1.29, 1.82) is 0 Å². The van der Waals surface area contributed by atoms with E-state index in [4.69, 9.17) is 9.88 Å². The molecular formula is C15H17NO3S. The first-order chi connectivity index (χ1) is 9.55. The Kier molecular flexibility index (Phi) is 3.40. The maximum Gasteiger partial charge on any atom is 0.238 e.